The predicted molar refractivity (Wildman–Crippen MR) is 83.6 cm³/mol. The average molecular weight is 373 g/mol. The van der Waals surface area contributed by atoms with Gasteiger partial charge in [-0.1, -0.05) is 26.7 Å². The summed E-state index contributed by atoms with van der Waals surface area (Å²) in [4.78, 5) is 31.7. The number of hydrogen-bond donors (Lipinski definition) is 5. The van der Waals surface area contributed by atoms with Crippen LogP contribution in [-0.2, 0) is 14.4 Å². The topological polar surface area (TPSA) is 156 Å². The number of hydrogen-bond acceptors (Lipinski definition) is 5. The summed E-state index contributed by atoms with van der Waals surface area (Å²) in [5, 5.41) is 18.7. The molecule has 3 atom stereocenters. The van der Waals surface area contributed by atoms with Crippen molar-refractivity contribution in [1.82, 2.24) is 5.32 Å². The lowest BCUT2D eigenvalue weighted by atomic mass is 9.98. The van der Waals surface area contributed by atoms with Gasteiger partial charge in [-0.3, -0.25) is 4.79 Å². The second-order valence-corrected chi connectivity index (χ2v) is 5.40. The van der Waals surface area contributed by atoms with Gasteiger partial charge in [0.15, 0.2) is 0 Å². The molecule has 0 aliphatic heterocycles. The lowest BCUT2D eigenvalue weighted by molar-refractivity contribution is -0.192. The first-order valence-corrected chi connectivity index (χ1v) is 7.67. The van der Waals surface area contributed by atoms with Crippen LogP contribution in [0.3, 0.4) is 0 Å². The largest absolute Gasteiger partial charge is 0.490 e. The Morgan fingerprint density at radius 3 is 1.96 bits per heavy atom. The second kappa shape index (κ2) is 12.5. The molecular formula is C14H26F3N3O5. The predicted octanol–water partition coefficient (Wildman–Crippen LogP) is 0.692. The van der Waals surface area contributed by atoms with Crippen molar-refractivity contribution in [2.75, 3.05) is 6.54 Å². The van der Waals surface area contributed by atoms with Gasteiger partial charge < -0.3 is 27.0 Å². The molecule has 0 saturated carbocycles. The number of carbonyl (C=O) groups is 3. The molecule has 0 fully saturated rings. The number of nitrogens with one attached hydrogen (secondary N) is 1. The molecule has 0 aromatic carbocycles. The molecule has 1 amide bonds. The lowest BCUT2D eigenvalue weighted by Crippen LogP contribution is -2.50. The van der Waals surface area contributed by atoms with Gasteiger partial charge in [0.05, 0.1) is 6.04 Å². The summed E-state index contributed by atoms with van der Waals surface area (Å²) in [6.45, 7) is 4.24. The van der Waals surface area contributed by atoms with Crippen LogP contribution < -0.4 is 16.8 Å². The van der Waals surface area contributed by atoms with Crippen LogP contribution in [0.2, 0.25) is 0 Å². The zero-order valence-corrected chi connectivity index (χ0v) is 14.2. The molecule has 0 unspecified atom stereocenters. The Balaban J connectivity index is 0. The number of carboxylic acids is 2. The zero-order valence-electron chi connectivity index (χ0n) is 14.2. The molecule has 0 radical (unpaired) electrons. The first kappa shape index (κ1) is 25.4. The van der Waals surface area contributed by atoms with Gasteiger partial charge in [-0.15, -0.1) is 0 Å². The molecule has 25 heavy (non-hydrogen) atoms. The highest BCUT2D eigenvalue weighted by molar-refractivity contribution is 5.86. The van der Waals surface area contributed by atoms with Gasteiger partial charge >= 0.3 is 18.1 Å². The molecule has 0 aliphatic rings. The fourth-order valence-electron chi connectivity index (χ4n) is 1.58. The number of halogens is 3. The summed E-state index contributed by atoms with van der Waals surface area (Å²) < 4.78 is 31.7. The van der Waals surface area contributed by atoms with E-state index in [4.69, 9.17) is 26.5 Å². The Kier molecular flexibility index (Phi) is 12.7. The van der Waals surface area contributed by atoms with Crippen molar-refractivity contribution in [2.45, 2.75) is 57.8 Å². The van der Waals surface area contributed by atoms with Crippen LogP contribution in [-0.4, -0.2) is 52.9 Å². The van der Waals surface area contributed by atoms with Crippen molar-refractivity contribution >= 4 is 17.8 Å². The van der Waals surface area contributed by atoms with Gasteiger partial charge in [0.25, 0.3) is 0 Å². The summed E-state index contributed by atoms with van der Waals surface area (Å²) >= 11 is 0. The standard InChI is InChI=1S/C12H25N3O3.C2HF3O2/c1-3-8(2)10(12(17)18)15-11(16)9(14)6-4-5-7-13;3-2(4,5)1(6)7/h8-10H,3-7,13-14H2,1-2H3,(H,15,16)(H,17,18);(H,6,7)/t8-,9-,10-;/m0./s1. The Labute approximate surface area is 143 Å². The number of unbranched alkanes of at least 4 members (excludes halogenated alkanes) is 1. The van der Waals surface area contributed by atoms with E-state index in [1.807, 2.05) is 6.92 Å². The smallest absolute Gasteiger partial charge is 0.480 e. The zero-order chi connectivity index (χ0) is 20.2. The average Bonchev–Trinajstić information content (AvgIpc) is 2.51. The van der Waals surface area contributed by atoms with Gasteiger partial charge in [-0.05, 0) is 25.3 Å². The third-order valence-corrected chi connectivity index (χ3v) is 3.33. The van der Waals surface area contributed by atoms with Gasteiger partial charge in [0, 0.05) is 0 Å². The molecule has 0 aliphatic carbocycles. The van der Waals surface area contributed by atoms with Crippen LogP contribution in [0.4, 0.5) is 13.2 Å². The maximum Gasteiger partial charge on any atom is 0.490 e. The number of carboxylic acid groups (broad SMARTS) is 2. The Bertz CT molecular complexity index is 432. The molecule has 148 valence electrons. The molecule has 11 heteroatoms. The Morgan fingerprint density at radius 1 is 1.16 bits per heavy atom. The molecule has 0 aromatic heterocycles. The molecule has 0 heterocycles. The fourth-order valence-corrected chi connectivity index (χ4v) is 1.58. The normalized spacial score (nSPS) is 14.5. The Morgan fingerprint density at radius 2 is 1.64 bits per heavy atom. The number of alkyl halides is 3. The van der Waals surface area contributed by atoms with E-state index in [2.05, 4.69) is 5.32 Å². The van der Waals surface area contributed by atoms with Crippen LogP contribution in [0.25, 0.3) is 0 Å². The SMILES string of the molecule is CC[C@H](C)[C@H](NC(=O)[C@@H](N)CCCCN)C(=O)O.O=C(O)C(F)(F)F. The summed E-state index contributed by atoms with van der Waals surface area (Å²) in [6, 6.07) is -1.54. The number of rotatable bonds is 9. The number of aliphatic carboxylic acids is 2. The van der Waals surface area contributed by atoms with E-state index in [9.17, 15) is 22.8 Å². The molecule has 0 aromatic rings. The summed E-state index contributed by atoms with van der Waals surface area (Å²) in [5.74, 6) is -4.30. The van der Waals surface area contributed by atoms with Crippen LogP contribution in [0, 0.1) is 5.92 Å². The van der Waals surface area contributed by atoms with Crippen LogP contribution in [0.15, 0.2) is 0 Å². The highest BCUT2D eigenvalue weighted by atomic mass is 19.4. The Hall–Kier alpha value is -1.88. The molecular weight excluding hydrogens is 347 g/mol. The summed E-state index contributed by atoms with van der Waals surface area (Å²) in [5.41, 5.74) is 11.1. The van der Waals surface area contributed by atoms with Gasteiger partial charge in [-0.2, -0.15) is 13.2 Å². The van der Waals surface area contributed by atoms with Crippen LogP contribution in [0.5, 0.6) is 0 Å². The molecule has 7 N–H and O–H groups in total. The van der Waals surface area contributed by atoms with Crippen LogP contribution >= 0.6 is 0 Å². The minimum atomic E-state index is -5.08. The third-order valence-electron chi connectivity index (χ3n) is 3.33. The molecule has 0 spiro atoms. The highest BCUT2D eigenvalue weighted by Gasteiger charge is 2.38. The molecule has 0 bridgehead atoms. The van der Waals surface area contributed by atoms with Gasteiger partial charge in [-0.25, -0.2) is 9.59 Å². The van der Waals surface area contributed by atoms with Crippen molar-refractivity contribution in [3.05, 3.63) is 0 Å². The van der Waals surface area contributed by atoms with Crippen molar-refractivity contribution in [3.63, 3.8) is 0 Å². The monoisotopic (exact) mass is 373 g/mol. The van der Waals surface area contributed by atoms with Gasteiger partial charge in [0.1, 0.15) is 6.04 Å². The summed E-state index contributed by atoms with van der Waals surface area (Å²) in [6.07, 6.45) is -2.30. The summed E-state index contributed by atoms with van der Waals surface area (Å²) in [7, 11) is 0. The van der Waals surface area contributed by atoms with Crippen molar-refractivity contribution < 1.29 is 37.8 Å². The van der Waals surface area contributed by atoms with E-state index in [0.29, 0.717) is 19.4 Å². The molecule has 8 nitrogen and oxygen atoms in total. The van der Waals surface area contributed by atoms with Crippen molar-refractivity contribution in [3.8, 4) is 0 Å². The van der Waals surface area contributed by atoms with E-state index in [1.165, 1.54) is 0 Å². The van der Waals surface area contributed by atoms with E-state index in [1.54, 1.807) is 6.92 Å². The number of carbonyl (C=O) groups excluding carboxylic acids is 1. The van der Waals surface area contributed by atoms with Gasteiger partial charge in [0.2, 0.25) is 5.91 Å². The third kappa shape index (κ3) is 12.2. The van der Waals surface area contributed by atoms with E-state index in [-0.39, 0.29) is 5.92 Å². The number of nitrogens with two attached hydrogens (primary N) is 2. The maximum atomic E-state index is 11.7. The first-order chi connectivity index (χ1) is 11.4. The minimum Gasteiger partial charge on any atom is -0.480 e. The van der Waals surface area contributed by atoms with Crippen LogP contribution in [0.1, 0.15) is 39.5 Å². The lowest BCUT2D eigenvalue weighted by Gasteiger charge is -2.22. The quantitative estimate of drug-likeness (QED) is 0.372. The molecule has 0 rings (SSSR count). The minimum absolute atomic E-state index is 0.123. The van der Waals surface area contributed by atoms with E-state index in [0.717, 1.165) is 12.8 Å². The second-order valence-electron chi connectivity index (χ2n) is 5.40. The van der Waals surface area contributed by atoms with Crippen molar-refractivity contribution in [2.24, 2.45) is 17.4 Å². The fraction of sp³-hybridized carbons (Fsp3) is 0.786. The van der Waals surface area contributed by atoms with E-state index < -0.39 is 36.1 Å². The van der Waals surface area contributed by atoms with E-state index >= 15 is 0 Å². The first-order valence-electron chi connectivity index (χ1n) is 7.67. The van der Waals surface area contributed by atoms with Crippen molar-refractivity contribution in [1.29, 1.82) is 0 Å². The molecule has 0 saturated heterocycles. The highest BCUT2D eigenvalue weighted by Crippen LogP contribution is 2.13. The number of amides is 1. The maximum absolute atomic E-state index is 11.7.